The molecule has 0 saturated carbocycles. The predicted molar refractivity (Wildman–Crippen MR) is 156 cm³/mol. The van der Waals surface area contributed by atoms with Crippen LogP contribution in [0.5, 0.6) is 0 Å². The number of nitrogens with two attached hydrogens (primary N) is 1. The lowest BCUT2D eigenvalue weighted by atomic mass is 9.86. The summed E-state index contributed by atoms with van der Waals surface area (Å²) in [6.07, 6.45) is 1.18. The normalized spacial score (nSPS) is 28.4. The van der Waals surface area contributed by atoms with Crippen molar-refractivity contribution in [3.63, 3.8) is 0 Å². The Labute approximate surface area is 255 Å². The van der Waals surface area contributed by atoms with Gasteiger partial charge in [-0.2, -0.15) is 0 Å². The van der Waals surface area contributed by atoms with Gasteiger partial charge in [-0.25, -0.2) is 0 Å². The Bertz CT molecular complexity index is 1220. The third kappa shape index (κ3) is 9.30. The van der Waals surface area contributed by atoms with E-state index in [0.29, 0.717) is 38.1 Å². The van der Waals surface area contributed by atoms with Gasteiger partial charge < -0.3 is 36.6 Å². The highest BCUT2D eigenvalue weighted by Crippen LogP contribution is 2.36. The second-order valence-electron chi connectivity index (χ2n) is 12.2. The number of carbonyl (C=O) groups is 6. The monoisotopic (exact) mass is 618 g/mol. The Kier molecular flexibility index (Phi) is 11.5. The van der Waals surface area contributed by atoms with Crippen molar-refractivity contribution in [2.45, 2.75) is 102 Å². The molecular weight excluding hydrogens is 576 g/mol. The van der Waals surface area contributed by atoms with Gasteiger partial charge in [-0.1, -0.05) is 5.11 Å². The van der Waals surface area contributed by atoms with E-state index in [0.717, 1.165) is 0 Å². The number of esters is 1. The van der Waals surface area contributed by atoms with Gasteiger partial charge in [0.15, 0.2) is 0 Å². The van der Waals surface area contributed by atoms with Crippen molar-refractivity contribution < 1.29 is 33.5 Å². The number of hydrogen-bond acceptors (Lipinski definition) is 9. The van der Waals surface area contributed by atoms with Crippen LogP contribution in [0.25, 0.3) is 10.4 Å². The molecular formula is C27H42N10O7. The Hall–Kier alpha value is -4.40. The van der Waals surface area contributed by atoms with Crippen LogP contribution in [0.3, 0.4) is 0 Å². The van der Waals surface area contributed by atoms with Gasteiger partial charge in [-0.3, -0.25) is 33.8 Å². The molecule has 3 saturated heterocycles. The summed E-state index contributed by atoms with van der Waals surface area (Å²) in [6.45, 7) is 6.24. The maximum atomic E-state index is 13.9. The lowest BCUT2D eigenvalue weighted by Crippen LogP contribution is -2.64. The van der Waals surface area contributed by atoms with Crippen LogP contribution in [0.15, 0.2) is 10.1 Å². The van der Waals surface area contributed by atoms with Crippen molar-refractivity contribution in [1.29, 1.82) is 0 Å². The highest BCUT2D eigenvalue weighted by molar-refractivity contribution is 5.98. The van der Waals surface area contributed by atoms with Crippen LogP contribution < -0.4 is 27.0 Å². The fraction of sp³-hybridized carbons (Fsp3) is 0.741. The molecule has 242 valence electrons. The van der Waals surface area contributed by atoms with Crippen molar-refractivity contribution >= 4 is 41.3 Å². The highest BCUT2D eigenvalue weighted by Gasteiger charge is 2.50. The van der Waals surface area contributed by atoms with Crippen LogP contribution in [0.1, 0.15) is 66.2 Å². The zero-order chi connectivity index (χ0) is 32.6. The SMILES string of the molecule is CC(N)=NCCC[C@@H]1NC(=O)[C@@H]2CC[C@H]3C[C@@H](CN=[N+]=[N-])[C@@H](NC(=O)[C@H](CC(=O)OC(C)(C)C)NC(=O)CNC1=O)C(=O)N32. The van der Waals surface area contributed by atoms with E-state index in [9.17, 15) is 28.8 Å². The molecule has 0 unspecified atom stereocenters. The number of hydrogen-bond donors (Lipinski definition) is 5. The quantitative estimate of drug-likeness (QED) is 0.0435. The van der Waals surface area contributed by atoms with Gasteiger partial charge in [0.05, 0.1) is 18.8 Å². The molecule has 6 atom stereocenters. The number of nitrogens with one attached hydrogen (secondary N) is 4. The molecule has 17 nitrogen and oxygen atoms in total. The summed E-state index contributed by atoms with van der Waals surface area (Å²) < 4.78 is 5.33. The summed E-state index contributed by atoms with van der Waals surface area (Å²) in [5.74, 6) is -4.37. The fourth-order valence-corrected chi connectivity index (χ4v) is 5.69. The summed E-state index contributed by atoms with van der Waals surface area (Å²) in [5, 5.41) is 13.9. The van der Waals surface area contributed by atoms with Crippen molar-refractivity contribution in [2.75, 3.05) is 19.6 Å². The van der Waals surface area contributed by atoms with Crippen molar-refractivity contribution in [2.24, 2.45) is 21.8 Å². The number of carbonyl (C=O) groups excluding carboxylic acids is 6. The summed E-state index contributed by atoms with van der Waals surface area (Å²) in [5.41, 5.74) is 13.7. The zero-order valence-corrected chi connectivity index (χ0v) is 25.5. The molecule has 2 bridgehead atoms. The van der Waals surface area contributed by atoms with Crippen molar-refractivity contribution in [3.05, 3.63) is 10.4 Å². The molecule has 0 aromatic carbocycles. The van der Waals surface area contributed by atoms with Crippen LogP contribution in [0.2, 0.25) is 0 Å². The first-order valence-electron chi connectivity index (χ1n) is 14.7. The minimum absolute atomic E-state index is 0.0945. The van der Waals surface area contributed by atoms with Gasteiger partial charge in [-0.15, -0.1) is 0 Å². The Balaban J connectivity index is 1.96. The number of nitrogens with zero attached hydrogens (tertiary/aromatic N) is 5. The number of rotatable bonds is 8. The lowest BCUT2D eigenvalue weighted by molar-refractivity contribution is -0.157. The van der Waals surface area contributed by atoms with E-state index in [1.165, 1.54) is 4.90 Å². The fourth-order valence-electron chi connectivity index (χ4n) is 5.69. The third-order valence-electron chi connectivity index (χ3n) is 7.56. The van der Waals surface area contributed by atoms with E-state index in [-0.39, 0.29) is 19.0 Å². The number of aliphatic imine (C=N–C) groups is 1. The van der Waals surface area contributed by atoms with E-state index in [1.807, 2.05) is 0 Å². The summed E-state index contributed by atoms with van der Waals surface area (Å²) in [6, 6.07) is -4.96. The molecule has 5 amide bonds. The topological polar surface area (TPSA) is 250 Å². The lowest BCUT2D eigenvalue weighted by Gasteiger charge is -2.42. The van der Waals surface area contributed by atoms with Crippen LogP contribution >= 0.6 is 0 Å². The van der Waals surface area contributed by atoms with Gasteiger partial charge >= 0.3 is 5.97 Å². The number of fused-ring (bicyclic) bond motifs is 1. The number of piperidine rings is 1. The van der Waals surface area contributed by atoms with Crippen LogP contribution in [0, 0.1) is 5.92 Å². The summed E-state index contributed by atoms with van der Waals surface area (Å²) in [7, 11) is 0. The average Bonchev–Trinajstić information content (AvgIpc) is 3.36. The van der Waals surface area contributed by atoms with E-state index >= 15 is 0 Å². The zero-order valence-electron chi connectivity index (χ0n) is 25.5. The second kappa shape index (κ2) is 14.9. The summed E-state index contributed by atoms with van der Waals surface area (Å²) in [4.78, 5) is 87.9. The molecule has 17 heteroatoms. The Morgan fingerprint density at radius 3 is 2.45 bits per heavy atom. The van der Waals surface area contributed by atoms with Gasteiger partial charge in [0.1, 0.15) is 29.8 Å². The van der Waals surface area contributed by atoms with Gasteiger partial charge in [0, 0.05) is 24.0 Å². The number of amidine groups is 1. The molecule has 0 radical (unpaired) electrons. The smallest absolute Gasteiger partial charge is 0.308 e. The first-order valence-corrected chi connectivity index (χ1v) is 14.7. The number of amides is 5. The molecule has 0 aromatic heterocycles. The van der Waals surface area contributed by atoms with E-state index in [1.54, 1.807) is 27.7 Å². The first kappa shape index (κ1) is 34.1. The van der Waals surface area contributed by atoms with Crippen LogP contribution in [-0.4, -0.2) is 102 Å². The molecule has 0 spiro atoms. The minimum Gasteiger partial charge on any atom is -0.460 e. The van der Waals surface area contributed by atoms with Crippen LogP contribution in [-0.2, 0) is 33.5 Å². The molecule has 3 rings (SSSR count). The number of ether oxygens (including phenoxy) is 1. The average molecular weight is 619 g/mol. The van der Waals surface area contributed by atoms with Gasteiger partial charge in [0.25, 0.3) is 0 Å². The molecule has 0 aliphatic carbocycles. The third-order valence-corrected chi connectivity index (χ3v) is 7.56. The van der Waals surface area contributed by atoms with Gasteiger partial charge in [0.2, 0.25) is 29.5 Å². The van der Waals surface area contributed by atoms with Crippen LogP contribution in [0.4, 0.5) is 0 Å². The van der Waals surface area contributed by atoms with Gasteiger partial charge in [-0.05, 0) is 71.2 Å². The highest BCUT2D eigenvalue weighted by atomic mass is 16.6. The standard InChI is InChI=1S/C27H42N10O7/c1-14(28)30-9-5-6-17-23(40)31-13-20(38)33-18(11-21(39)44-27(2,3)4)24(41)35-22-15(12-32-36-29)10-16-7-8-19(25(42)34-17)37(16)26(22)43/h15-19,22H,5-13H2,1-4H3,(H2,28,30)(H,31,40)(H,33,38)(H,34,42)(H,35,41)/t15-,16-,17-,18-,19-,22+/m0/s1. The van der Waals surface area contributed by atoms with E-state index in [4.69, 9.17) is 16.0 Å². The molecule has 3 aliphatic rings. The Morgan fingerprint density at radius 1 is 1.07 bits per heavy atom. The molecule has 3 fully saturated rings. The predicted octanol–water partition coefficient (Wildman–Crippen LogP) is -0.850. The molecule has 44 heavy (non-hydrogen) atoms. The van der Waals surface area contributed by atoms with Crippen molar-refractivity contribution in [3.8, 4) is 0 Å². The molecule has 3 aliphatic heterocycles. The minimum atomic E-state index is -1.45. The maximum absolute atomic E-state index is 13.9. The summed E-state index contributed by atoms with van der Waals surface area (Å²) >= 11 is 0. The van der Waals surface area contributed by atoms with Crippen molar-refractivity contribution in [1.82, 2.24) is 26.2 Å². The largest absolute Gasteiger partial charge is 0.460 e. The Morgan fingerprint density at radius 2 is 1.80 bits per heavy atom. The van der Waals surface area contributed by atoms with E-state index < -0.39 is 84.2 Å². The molecule has 6 N–H and O–H groups in total. The number of azide groups is 1. The first-order chi connectivity index (χ1) is 20.7. The van der Waals surface area contributed by atoms with E-state index in [2.05, 4.69) is 36.3 Å². The maximum Gasteiger partial charge on any atom is 0.308 e. The molecule has 3 heterocycles. The second-order valence-corrected chi connectivity index (χ2v) is 12.2. The molecule has 0 aromatic rings.